The second kappa shape index (κ2) is 8.05. The van der Waals surface area contributed by atoms with Crippen LogP contribution in [0.4, 0.5) is 0 Å². The lowest BCUT2D eigenvalue weighted by Gasteiger charge is -2.25. The Labute approximate surface area is 164 Å². The van der Waals surface area contributed by atoms with Crippen molar-refractivity contribution in [3.63, 3.8) is 0 Å². The molecule has 0 spiro atoms. The molecule has 6 heteroatoms. The van der Waals surface area contributed by atoms with Gasteiger partial charge in [0.25, 0.3) is 5.91 Å². The maximum Gasteiger partial charge on any atom is 0.250 e. The molecular weight excluding hydrogens is 368 g/mol. The van der Waals surface area contributed by atoms with Gasteiger partial charge in [-0.05, 0) is 43.9 Å². The van der Waals surface area contributed by atoms with Crippen molar-refractivity contribution in [2.24, 2.45) is 0 Å². The predicted molar refractivity (Wildman–Crippen MR) is 107 cm³/mol. The summed E-state index contributed by atoms with van der Waals surface area (Å²) in [5.41, 5.74) is 1.96. The van der Waals surface area contributed by atoms with Crippen molar-refractivity contribution in [2.75, 3.05) is 18.2 Å². The fourth-order valence-electron chi connectivity index (χ4n) is 3.38. The SMILES string of the molecule is CCC=C(C)C(=O)N1CSCC1C(=O)NCC1(c2ccc(Cl)cc2)CC1. The zero-order valence-electron chi connectivity index (χ0n) is 15.3. The van der Waals surface area contributed by atoms with Crippen LogP contribution in [0, 0.1) is 0 Å². The van der Waals surface area contributed by atoms with Gasteiger partial charge in [0.05, 0.1) is 5.88 Å². The Bertz CT molecular complexity index is 713. The van der Waals surface area contributed by atoms with Crippen molar-refractivity contribution < 1.29 is 9.59 Å². The van der Waals surface area contributed by atoms with Crippen molar-refractivity contribution in [3.05, 3.63) is 46.5 Å². The van der Waals surface area contributed by atoms with E-state index in [4.69, 9.17) is 11.6 Å². The van der Waals surface area contributed by atoms with Crippen molar-refractivity contribution in [1.82, 2.24) is 10.2 Å². The molecule has 1 heterocycles. The summed E-state index contributed by atoms with van der Waals surface area (Å²) in [5, 5.41) is 3.82. The summed E-state index contributed by atoms with van der Waals surface area (Å²) in [4.78, 5) is 27.0. The predicted octanol–water partition coefficient (Wildman–Crippen LogP) is 3.75. The van der Waals surface area contributed by atoms with Crippen LogP contribution in [0.3, 0.4) is 0 Å². The van der Waals surface area contributed by atoms with Gasteiger partial charge in [0, 0.05) is 28.3 Å². The maximum absolute atomic E-state index is 12.7. The van der Waals surface area contributed by atoms with E-state index in [1.165, 1.54) is 5.56 Å². The third-order valence-corrected chi connectivity index (χ3v) is 6.47. The summed E-state index contributed by atoms with van der Waals surface area (Å²) in [5.74, 6) is 1.16. The first-order chi connectivity index (χ1) is 12.5. The van der Waals surface area contributed by atoms with Crippen LogP contribution >= 0.6 is 23.4 Å². The zero-order chi connectivity index (χ0) is 18.7. The van der Waals surface area contributed by atoms with E-state index in [1.54, 1.807) is 16.7 Å². The number of carbonyl (C=O) groups is 2. The maximum atomic E-state index is 12.7. The van der Waals surface area contributed by atoms with Gasteiger partial charge in [-0.1, -0.05) is 36.7 Å². The molecule has 1 saturated heterocycles. The third kappa shape index (κ3) is 4.09. The first kappa shape index (κ1) is 19.3. The van der Waals surface area contributed by atoms with Crippen LogP contribution in [-0.4, -0.2) is 40.9 Å². The quantitative estimate of drug-likeness (QED) is 0.750. The lowest BCUT2D eigenvalue weighted by molar-refractivity contribution is -0.135. The highest BCUT2D eigenvalue weighted by Crippen LogP contribution is 2.47. The Kier molecular flexibility index (Phi) is 5.98. The minimum absolute atomic E-state index is 0.0267. The lowest BCUT2D eigenvalue weighted by Crippen LogP contribution is -2.49. The van der Waals surface area contributed by atoms with Crippen LogP contribution in [0.25, 0.3) is 0 Å². The van der Waals surface area contributed by atoms with E-state index in [2.05, 4.69) is 5.32 Å². The van der Waals surface area contributed by atoms with E-state index in [9.17, 15) is 9.59 Å². The normalized spacial score (nSPS) is 21.6. The summed E-state index contributed by atoms with van der Waals surface area (Å²) >= 11 is 7.61. The number of amides is 2. The molecule has 1 unspecified atom stereocenters. The average Bonchev–Trinajstić information content (AvgIpc) is 3.26. The molecule has 0 radical (unpaired) electrons. The number of benzene rings is 1. The number of rotatable bonds is 6. The van der Waals surface area contributed by atoms with Gasteiger partial charge in [-0.2, -0.15) is 0 Å². The Morgan fingerprint density at radius 2 is 2.04 bits per heavy atom. The fraction of sp³-hybridized carbons (Fsp3) is 0.500. The Morgan fingerprint density at radius 3 is 2.65 bits per heavy atom. The van der Waals surface area contributed by atoms with Crippen LogP contribution in [0.2, 0.25) is 5.02 Å². The molecule has 2 fully saturated rings. The molecule has 0 bridgehead atoms. The molecule has 1 N–H and O–H groups in total. The molecule has 26 heavy (non-hydrogen) atoms. The van der Waals surface area contributed by atoms with E-state index in [1.807, 2.05) is 44.2 Å². The highest BCUT2D eigenvalue weighted by Gasteiger charge is 2.45. The number of carbonyl (C=O) groups excluding carboxylic acids is 2. The summed E-state index contributed by atoms with van der Waals surface area (Å²) in [6.45, 7) is 4.44. The minimum Gasteiger partial charge on any atom is -0.353 e. The number of nitrogens with zero attached hydrogens (tertiary/aromatic N) is 1. The number of nitrogens with one attached hydrogen (secondary N) is 1. The third-order valence-electron chi connectivity index (χ3n) is 5.20. The standard InChI is InChI=1S/C20H25ClN2O2S/c1-3-4-14(2)19(25)23-13-26-11-17(23)18(24)22-12-20(9-10-20)15-5-7-16(21)8-6-15/h4-8,17H,3,9-13H2,1-2H3,(H,22,24). The van der Waals surface area contributed by atoms with Crippen molar-refractivity contribution in [2.45, 2.75) is 44.6 Å². The van der Waals surface area contributed by atoms with Gasteiger partial charge in [-0.25, -0.2) is 0 Å². The topological polar surface area (TPSA) is 49.4 Å². The molecule has 1 aliphatic heterocycles. The molecule has 0 aromatic heterocycles. The van der Waals surface area contributed by atoms with Crippen LogP contribution < -0.4 is 5.32 Å². The first-order valence-corrected chi connectivity index (χ1v) is 10.6. The largest absolute Gasteiger partial charge is 0.353 e. The molecule has 2 amide bonds. The molecule has 1 aromatic rings. The number of halogens is 1. The van der Waals surface area contributed by atoms with Gasteiger partial charge in [0.15, 0.2) is 0 Å². The van der Waals surface area contributed by atoms with Crippen molar-refractivity contribution >= 4 is 35.2 Å². The highest BCUT2D eigenvalue weighted by atomic mass is 35.5. The van der Waals surface area contributed by atoms with E-state index < -0.39 is 0 Å². The van der Waals surface area contributed by atoms with Gasteiger partial charge in [-0.15, -0.1) is 11.8 Å². The molecule has 1 aliphatic carbocycles. The van der Waals surface area contributed by atoms with Gasteiger partial charge < -0.3 is 10.2 Å². The van der Waals surface area contributed by atoms with Gasteiger partial charge in [0.1, 0.15) is 6.04 Å². The number of allylic oxidation sites excluding steroid dienone is 1. The van der Waals surface area contributed by atoms with Gasteiger partial charge in [-0.3, -0.25) is 9.59 Å². The van der Waals surface area contributed by atoms with E-state index in [-0.39, 0.29) is 23.3 Å². The second-order valence-corrected chi connectivity index (χ2v) is 8.53. The van der Waals surface area contributed by atoms with Crippen molar-refractivity contribution in [1.29, 1.82) is 0 Å². The van der Waals surface area contributed by atoms with Crippen LogP contribution in [0.5, 0.6) is 0 Å². The number of hydrogen-bond acceptors (Lipinski definition) is 3. The summed E-state index contributed by atoms with van der Waals surface area (Å²) in [6.07, 6.45) is 4.86. The number of thioether (sulfide) groups is 1. The smallest absolute Gasteiger partial charge is 0.250 e. The summed E-state index contributed by atoms with van der Waals surface area (Å²) < 4.78 is 0. The average molecular weight is 393 g/mol. The summed E-state index contributed by atoms with van der Waals surface area (Å²) in [7, 11) is 0. The van der Waals surface area contributed by atoms with Crippen molar-refractivity contribution in [3.8, 4) is 0 Å². The minimum atomic E-state index is -0.381. The van der Waals surface area contributed by atoms with Gasteiger partial charge >= 0.3 is 0 Å². The highest BCUT2D eigenvalue weighted by molar-refractivity contribution is 7.99. The molecule has 4 nitrogen and oxygen atoms in total. The Balaban J connectivity index is 1.62. The number of hydrogen-bond donors (Lipinski definition) is 1. The van der Waals surface area contributed by atoms with E-state index >= 15 is 0 Å². The second-order valence-electron chi connectivity index (χ2n) is 7.09. The van der Waals surface area contributed by atoms with Gasteiger partial charge in [0.2, 0.25) is 5.91 Å². The first-order valence-electron chi connectivity index (χ1n) is 9.06. The monoisotopic (exact) mass is 392 g/mol. The molecule has 140 valence electrons. The van der Waals surface area contributed by atoms with E-state index in [0.717, 1.165) is 24.3 Å². The fourth-order valence-corrected chi connectivity index (χ4v) is 4.66. The Morgan fingerprint density at radius 1 is 1.35 bits per heavy atom. The van der Waals surface area contributed by atoms with Crippen LogP contribution in [0.1, 0.15) is 38.7 Å². The molecular formula is C20H25ClN2O2S. The lowest BCUT2D eigenvalue weighted by atomic mass is 9.96. The van der Waals surface area contributed by atoms with E-state index in [0.29, 0.717) is 23.7 Å². The molecule has 1 aromatic carbocycles. The van der Waals surface area contributed by atoms with Crippen LogP contribution in [0.15, 0.2) is 35.9 Å². The molecule has 2 aliphatic rings. The molecule has 1 atom stereocenters. The van der Waals surface area contributed by atoms with Crippen LogP contribution in [-0.2, 0) is 15.0 Å². The molecule has 1 saturated carbocycles. The molecule has 3 rings (SSSR count). The zero-order valence-corrected chi connectivity index (χ0v) is 16.8. The Hall–Kier alpha value is -1.46. The summed E-state index contributed by atoms with van der Waals surface area (Å²) in [6, 6.07) is 7.50.